The second-order valence-corrected chi connectivity index (χ2v) is 7.52. The van der Waals surface area contributed by atoms with Gasteiger partial charge in [0.1, 0.15) is 5.65 Å². The fraction of sp³-hybridized carbons (Fsp3) is 0.0400. The lowest BCUT2D eigenvalue weighted by Crippen LogP contribution is -1.92. The van der Waals surface area contributed by atoms with Crippen LogP contribution in [0, 0.1) is 0 Å². The molecule has 0 saturated carbocycles. The number of imidazole rings is 1. The summed E-state index contributed by atoms with van der Waals surface area (Å²) in [5.41, 5.74) is 9.51. The van der Waals surface area contributed by atoms with E-state index in [-0.39, 0.29) is 0 Å². The molecule has 0 unspecified atom stereocenters. The monoisotopic (exact) mass is 357 g/mol. The Morgan fingerprint density at radius 3 is 2.54 bits per heavy atom. The first-order valence-electron chi connectivity index (χ1n) is 9.57. The molecule has 1 aliphatic rings. The molecule has 0 saturated heterocycles. The van der Waals surface area contributed by atoms with Gasteiger partial charge >= 0.3 is 0 Å². The number of benzene rings is 3. The fourth-order valence-electron chi connectivity index (χ4n) is 4.83. The SMILES string of the molecule is c1ccc2c(c1)Cc1cc3c(cc1-2)c1ccccc1n1c2cccnc2nc31. The number of nitrogens with zero attached hydrogens (tertiary/aromatic N) is 3. The molecule has 0 radical (unpaired) electrons. The molecule has 0 spiro atoms. The van der Waals surface area contributed by atoms with Crippen molar-refractivity contribution >= 4 is 38.5 Å². The van der Waals surface area contributed by atoms with E-state index in [1.54, 1.807) is 0 Å². The summed E-state index contributed by atoms with van der Waals surface area (Å²) < 4.78 is 2.26. The molecule has 0 N–H and O–H groups in total. The summed E-state index contributed by atoms with van der Waals surface area (Å²) >= 11 is 0. The lowest BCUT2D eigenvalue weighted by molar-refractivity contribution is 1.26. The van der Waals surface area contributed by atoms with Crippen molar-refractivity contribution in [1.82, 2.24) is 14.4 Å². The largest absolute Gasteiger partial charge is 0.290 e. The van der Waals surface area contributed by atoms with Gasteiger partial charge in [-0.3, -0.25) is 4.40 Å². The highest BCUT2D eigenvalue weighted by Gasteiger charge is 2.21. The molecule has 3 nitrogen and oxygen atoms in total. The van der Waals surface area contributed by atoms with Gasteiger partial charge in [0.05, 0.1) is 11.0 Å². The van der Waals surface area contributed by atoms with Gasteiger partial charge in [-0.1, -0.05) is 42.5 Å². The molecule has 0 atom stereocenters. The van der Waals surface area contributed by atoms with E-state index in [1.165, 1.54) is 43.9 Å². The van der Waals surface area contributed by atoms with Crippen LogP contribution in [-0.2, 0) is 6.42 Å². The van der Waals surface area contributed by atoms with Crippen LogP contribution in [0.1, 0.15) is 11.1 Å². The normalized spacial score (nSPS) is 12.9. The first-order chi connectivity index (χ1) is 13.9. The lowest BCUT2D eigenvalue weighted by atomic mass is 9.98. The zero-order valence-corrected chi connectivity index (χ0v) is 15.1. The van der Waals surface area contributed by atoms with Gasteiger partial charge in [0, 0.05) is 17.0 Å². The van der Waals surface area contributed by atoms with Gasteiger partial charge in [0.2, 0.25) is 0 Å². The van der Waals surface area contributed by atoms with Gasteiger partial charge in [0.25, 0.3) is 0 Å². The Hall–Kier alpha value is -3.72. The van der Waals surface area contributed by atoms with Crippen molar-refractivity contribution in [3.05, 3.63) is 90.1 Å². The van der Waals surface area contributed by atoms with Gasteiger partial charge < -0.3 is 0 Å². The van der Waals surface area contributed by atoms with Crippen LogP contribution in [0.2, 0.25) is 0 Å². The molecule has 3 heterocycles. The van der Waals surface area contributed by atoms with E-state index in [4.69, 9.17) is 4.98 Å². The van der Waals surface area contributed by atoms with Crippen molar-refractivity contribution in [2.45, 2.75) is 6.42 Å². The third-order valence-electron chi connectivity index (χ3n) is 6.04. The van der Waals surface area contributed by atoms with Crippen molar-refractivity contribution in [1.29, 1.82) is 0 Å². The van der Waals surface area contributed by atoms with Crippen LogP contribution >= 0.6 is 0 Å². The second kappa shape index (κ2) is 4.96. The predicted molar refractivity (Wildman–Crippen MR) is 114 cm³/mol. The van der Waals surface area contributed by atoms with Crippen molar-refractivity contribution in [3.8, 4) is 11.1 Å². The Morgan fingerprint density at radius 1 is 0.679 bits per heavy atom. The van der Waals surface area contributed by atoms with E-state index in [1.807, 2.05) is 12.3 Å². The zero-order valence-electron chi connectivity index (χ0n) is 15.1. The first kappa shape index (κ1) is 14.4. The highest BCUT2D eigenvalue weighted by Crippen LogP contribution is 2.41. The van der Waals surface area contributed by atoms with Crippen LogP contribution in [0.5, 0.6) is 0 Å². The topological polar surface area (TPSA) is 30.2 Å². The highest BCUT2D eigenvalue weighted by atomic mass is 15.1. The lowest BCUT2D eigenvalue weighted by Gasteiger charge is -2.11. The van der Waals surface area contributed by atoms with E-state index in [2.05, 4.69) is 76.1 Å². The average Bonchev–Trinajstić information content (AvgIpc) is 3.31. The summed E-state index contributed by atoms with van der Waals surface area (Å²) in [6.45, 7) is 0. The quantitative estimate of drug-likeness (QED) is 0.323. The summed E-state index contributed by atoms with van der Waals surface area (Å²) in [4.78, 5) is 9.42. The second-order valence-electron chi connectivity index (χ2n) is 7.52. The molecule has 6 aromatic rings. The molecule has 0 amide bonds. The molecule has 3 aromatic heterocycles. The van der Waals surface area contributed by atoms with Crippen LogP contribution in [0.4, 0.5) is 0 Å². The molecule has 1 aliphatic carbocycles. The van der Waals surface area contributed by atoms with Crippen LogP contribution in [0.25, 0.3) is 49.6 Å². The minimum absolute atomic E-state index is 0.795. The van der Waals surface area contributed by atoms with Gasteiger partial charge in [-0.15, -0.1) is 0 Å². The summed E-state index contributed by atoms with van der Waals surface area (Å²) in [6.07, 6.45) is 2.80. The Morgan fingerprint density at radius 2 is 1.54 bits per heavy atom. The number of aromatic nitrogens is 3. The predicted octanol–water partition coefficient (Wildman–Crippen LogP) is 5.76. The number of rotatable bonds is 0. The maximum Gasteiger partial charge on any atom is 0.178 e. The smallest absolute Gasteiger partial charge is 0.178 e. The van der Waals surface area contributed by atoms with E-state index < -0.39 is 0 Å². The molecule has 0 bridgehead atoms. The number of para-hydroxylation sites is 1. The minimum Gasteiger partial charge on any atom is -0.290 e. The molecular weight excluding hydrogens is 342 g/mol. The molecule has 7 rings (SSSR count). The van der Waals surface area contributed by atoms with Gasteiger partial charge in [0.15, 0.2) is 5.65 Å². The Labute approximate surface area is 160 Å². The summed E-state index contributed by atoms with van der Waals surface area (Å²) in [6, 6.07) is 26.1. The van der Waals surface area contributed by atoms with Crippen molar-refractivity contribution in [2.75, 3.05) is 0 Å². The Kier molecular flexibility index (Phi) is 2.54. The van der Waals surface area contributed by atoms with Crippen LogP contribution < -0.4 is 0 Å². The molecule has 28 heavy (non-hydrogen) atoms. The maximum absolute atomic E-state index is 4.92. The fourth-order valence-corrected chi connectivity index (χ4v) is 4.83. The van der Waals surface area contributed by atoms with E-state index in [0.717, 1.165) is 23.2 Å². The molecule has 3 aromatic carbocycles. The minimum atomic E-state index is 0.795. The Bertz CT molecular complexity index is 1590. The maximum atomic E-state index is 4.92. The summed E-state index contributed by atoms with van der Waals surface area (Å²) in [5, 5.41) is 3.71. The van der Waals surface area contributed by atoms with E-state index in [0.29, 0.717) is 0 Å². The molecule has 0 aliphatic heterocycles. The first-order valence-corrected chi connectivity index (χ1v) is 9.57. The summed E-state index contributed by atoms with van der Waals surface area (Å²) in [5.74, 6) is 0. The van der Waals surface area contributed by atoms with Crippen LogP contribution in [0.15, 0.2) is 79.0 Å². The van der Waals surface area contributed by atoms with E-state index in [9.17, 15) is 0 Å². The number of hydrogen-bond donors (Lipinski definition) is 0. The molecule has 0 fully saturated rings. The Balaban J connectivity index is 1.74. The summed E-state index contributed by atoms with van der Waals surface area (Å²) in [7, 11) is 0. The standard InChI is InChI=1S/C25H15N3/c1-2-7-17-15(6-1)12-16-13-21-20(14-19(16)17)18-8-3-4-9-22(18)28-23-10-5-11-26-24(23)27-25(21)28/h1-11,13-14H,12H2. The number of fused-ring (bicyclic) bond motifs is 11. The number of pyridine rings is 2. The van der Waals surface area contributed by atoms with Crippen LogP contribution in [0.3, 0.4) is 0 Å². The average molecular weight is 357 g/mol. The third kappa shape index (κ3) is 1.69. The van der Waals surface area contributed by atoms with Gasteiger partial charge in [-0.25, -0.2) is 9.97 Å². The van der Waals surface area contributed by atoms with Gasteiger partial charge in [-0.2, -0.15) is 0 Å². The zero-order chi connectivity index (χ0) is 18.2. The molecule has 3 heteroatoms. The van der Waals surface area contributed by atoms with E-state index >= 15 is 0 Å². The molecular formula is C25H15N3. The molecule has 130 valence electrons. The van der Waals surface area contributed by atoms with Crippen molar-refractivity contribution in [2.24, 2.45) is 0 Å². The van der Waals surface area contributed by atoms with Crippen LogP contribution in [-0.4, -0.2) is 14.4 Å². The third-order valence-corrected chi connectivity index (χ3v) is 6.04. The highest BCUT2D eigenvalue weighted by molar-refractivity contribution is 6.15. The number of hydrogen-bond acceptors (Lipinski definition) is 2. The van der Waals surface area contributed by atoms with Crippen molar-refractivity contribution < 1.29 is 0 Å². The van der Waals surface area contributed by atoms with Crippen molar-refractivity contribution in [3.63, 3.8) is 0 Å². The van der Waals surface area contributed by atoms with Gasteiger partial charge in [-0.05, 0) is 64.4 Å².